The van der Waals surface area contributed by atoms with Gasteiger partial charge >= 0.3 is 0 Å². The predicted octanol–water partition coefficient (Wildman–Crippen LogP) is 1.85. The van der Waals surface area contributed by atoms with Crippen LogP contribution in [0, 0.1) is 5.92 Å². The van der Waals surface area contributed by atoms with Gasteiger partial charge in [0, 0.05) is 25.5 Å². The number of pyridine rings is 1. The van der Waals surface area contributed by atoms with Crippen LogP contribution in [0.1, 0.15) is 19.8 Å². The summed E-state index contributed by atoms with van der Waals surface area (Å²) in [7, 11) is 0. The lowest BCUT2D eigenvalue weighted by Gasteiger charge is -2.08. The SMILES string of the molecule is CC(CO)CCCNc1ccc2nccnc2n1. The molecular formula is C13H18N4O. The minimum Gasteiger partial charge on any atom is -0.396 e. The Morgan fingerprint density at radius 3 is 2.94 bits per heavy atom. The number of nitrogens with one attached hydrogen (secondary N) is 1. The van der Waals surface area contributed by atoms with Crippen molar-refractivity contribution in [2.45, 2.75) is 19.8 Å². The van der Waals surface area contributed by atoms with Crippen LogP contribution in [0.4, 0.5) is 5.82 Å². The third-order valence-corrected chi connectivity index (χ3v) is 2.82. The first-order valence-electron chi connectivity index (χ1n) is 6.22. The number of aromatic nitrogens is 3. The molecular weight excluding hydrogens is 228 g/mol. The van der Waals surface area contributed by atoms with Crippen molar-refractivity contribution in [1.82, 2.24) is 15.0 Å². The van der Waals surface area contributed by atoms with Crippen molar-refractivity contribution < 1.29 is 5.11 Å². The Labute approximate surface area is 106 Å². The van der Waals surface area contributed by atoms with E-state index in [4.69, 9.17) is 5.11 Å². The zero-order valence-electron chi connectivity index (χ0n) is 10.5. The summed E-state index contributed by atoms with van der Waals surface area (Å²) >= 11 is 0. The highest BCUT2D eigenvalue weighted by atomic mass is 16.3. The average Bonchev–Trinajstić information content (AvgIpc) is 2.43. The van der Waals surface area contributed by atoms with Crippen LogP contribution in [-0.4, -0.2) is 33.2 Å². The molecule has 0 amide bonds. The van der Waals surface area contributed by atoms with Gasteiger partial charge in [0.05, 0.1) is 0 Å². The fourth-order valence-corrected chi connectivity index (χ4v) is 1.71. The summed E-state index contributed by atoms with van der Waals surface area (Å²) < 4.78 is 0. The molecule has 0 aliphatic heterocycles. The van der Waals surface area contributed by atoms with Crippen LogP contribution < -0.4 is 5.32 Å². The van der Waals surface area contributed by atoms with Crippen molar-refractivity contribution >= 4 is 17.0 Å². The monoisotopic (exact) mass is 246 g/mol. The first kappa shape index (κ1) is 12.7. The molecule has 0 aromatic carbocycles. The lowest BCUT2D eigenvalue weighted by Crippen LogP contribution is -2.07. The number of fused-ring (bicyclic) bond motifs is 1. The van der Waals surface area contributed by atoms with E-state index in [1.165, 1.54) is 0 Å². The maximum Gasteiger partial charge on any atom is 0.180 e. The Morgan fingerprint density at radius 2 is 2.11 bits per heavy atom. The molecule has 5 nitrogen and oxygen atoms in total. The average molecular weight is 246 g/mol. The van der Waals surface area contributed by atoms with E-state index >= 15 is 0 Å². The number of nitrogens with zero attached hydrogens (tertiary/aromatic N) is 3. The topological polar surface area (TPSA) is 70.9 Å². The molecule has 1 atom stereocenters. The van der Waals surface area contributed by atoms with Crippen molar-refractivity contribution in [2.24, 2.45) is 5.92 Å². The number of hydrogen-bond acceptors (Lipinski definition) is 5. The first-order chi connectivity index (χ1) is 8.79. The van der Waals surface area contributed by atoms with Gasteiger partial charge in [0.15, 0.2) is 5.65 Å². The highest BCUT2D eigenvalue weighted by molar-refractivity contribution is 5.71. The zero-order chi connectivity index (χ0) is 12.8. The minimum atomic E-state index is 0.254. The Morgan fingerprint density at radius 1 is 1.28 bits per heavy atom. The second-order valence-corrected chi connectivity index (χ2v) is 4.45. The predicted molar refractivity (Wildman–Crippen MR) is 71.3 cm³/mol. The summed E-state index contributed by atoms with van der Waals surface area (Å²) in [6, 6.07) is 3.82. The molecule has 0 radical (unpaired) electrons. The highest BCUT2D eigenvalue weighted by Gasteiger charge is 2.01. The molecule has 96 valence electrons. The molecule has 2 heterocycles. The van der Waals surface area contributed by atoms with Crippen LogP contribution in [0.2, 0.25) is 0 Å². The maximum absolute atomic E-state index is 8.92. The van der Waals surface area contributed by atoms with E-state index in [2.05, 4.69) is 20.3 Å². The Bertz CT molecular complexity index is 503. The fraction of sp³-hybridized carbons (Fsp3) is 0.462. The molecule has 0 fully saturated rings. The molecule has 1 unspecified atom stereocenters. The van der Waals surface area contributed by atoms with Crippen molar-refractivity contribution in [1.29, 1.82) is 0 Å². The van der Waals surface area contributed by atoms with Crippen LogP contribution >= 0.6 is 0 Å². The fourth-order valence-electron chi connectivity index (χ4n) is 1.71. The molecule has 0 spiro atoms. The van der Waals surface area contributed by atoms with E-state index < -0.39 is 0 Å². The van der Waals surface area contributed by atoms with Gasteiger partial charge in [-0.3, -0.25) is 4.98 Å². The lowest BCUT2D eigenvalue weighted by molar-refractivity contribution is 0.229. The van der Waals surface area contributed by atoms with Gasteiger partial charge < -0.3 is 10.4 Å². The Balaban J connectivity index is 1.88. The summed E-state index contributed by atoms with van der Waals surface area (Å²) in [5, 5.41) is 12.2. The van der Waals surface area contributed by atoms with Gasteiger partial charge in [-0.05, 0) is 30.9 Å². The van der Waals surface area contributed by atoms with Crippen LogP contribution in [0.5, 0.6) is 0 Å². The van der Waals surface area contributed by atoms with E-state index in [9.17, 15) is 0 Å². The van der Waals surface area contributed by atoms with Crippen molar-refractivity contribution in [3.8, 4) is 0 Å². The second kappa shape index (κ2) is 6.26. The number of anilines is 1. The smallest absolute Gasteiger partial charge is 0.180 e. The van der Waals surface area contributed by atoms with Gasteiger partial charge in [-0.2, -0.15) is 0 Å². The standard InChI is InChI=1S/C13H18N4O/c1-10(9-18)3-2-6-15-12-5-4-11-13(17-12)16-8-7-14-11/h4-5,7-8,10,18H,2-3,6,9H2,1H3,(H,15,16,17). The molecule has 0 saturated carbocycles. The van der Waals surface area contributed by atoms with Gasteiger partial charge in [0.1, 0.15) is 11.3 Å². The van der Waals surface area contributed by atoms with Crippen LogP contribution in [0.25, 0.3) is 11.2 Å². The molecule has 0 saturated heterocycles. The number of aliphatic hydroxyl groups is 1. The number of aliphatic hydroxyl groups excluding tert-OH is 1. The summed E-state index contributed by atoms with van der Waals surface area (Å²) in [5.41, 5.74) is 1.46. The van der Waals surface area contributed by atoms with Crippen LogP contribution in [-0.2, 0) is 0 Å². The van der Waals surface area contributed by atoms with Gasteiger partial charge in [-0.15, -0.1) is 0 Å². The normalized spacial score (nSPS) is 12.6. The van der Waals surface area contributed by atoms with Gasteiger partial charge in [0.2, 0.25) is 0 Å². The van der Waals surface area contributed by atoms with E-state index in [0.717, 1.165) is 30.7 Å². The summed E-state index contributed by atoms with van der Waals surface area (Å²) in [4.78, 5) is 12.7. The summed E-state index contributed by atoms with van der Waals surface area (Å²) in [5.74, 6) is 1.18. The second-order valence-electron chi connectivity index (χ2n) is 4.45. The summed E-state index contributed by atoms with van der Waals surface area (Å²) in [6.45, 7) is 3.15. The van der Waals surface area contributed by atoms with E-state index in [1.807, 2.05) is 19.1 Å². The van der Waals surface area contributed by atoms with Crippen molar-refractivity contribution in [3.05, 3.63) is 24.5 Å². The molecule has 2 aromatic heterocycles. The van der Waals surface area contributed by atoms with Gasteiger partial charge in [-0.1, -0.05) is 6.92 Å². The molecule has 0 bridgehead atoms. The number of hydrogen-bond donors (Lipinski definition) is 2. The van der Waals surface area contributed by atoms with Crippen LogP contribution in [0.15, 0.2) is 24.5 Å². The first-order valence-corrected chi connectivity index (χ1v) is 6.22. The largest absolute Gasteiger partial charge is 0.396 e. The van der Waals surface area contributed by atoms with E-state index in [-0.39, 0.29) is 6.61 Å². The molecule has 5 heteroatoms. The lowest BCUT2D eigenvalue weighted by atomic mass is 10.1. The van der Waals surface area contributed by atoms with Crippen molar-refractivity contribution in [3.63, 3.8) is 0 Å². The third kappa shape index (κ3) is 3.37. The molecule has 2 rings (SSSR count). The molecule has 0 aliphatic carbocycles. The minimum absolute atomic E-state index is 0.254. The number of rotatable bonds is 6. The van der Waals surface area contributed by atoms with E-state index in [0.29, 0.717) is 11.6 Å². The summed E-state index contributed by atoms with van der Waals surface area (Å²) in [6.07, 6.45) is 5.33. The zero-order valence-corrected chi connectivity index (χ0v) is 10.5. The molecule has 0 aliphatic rings. The highest BCUT2D eigenvalue weighted by Crippen LogP contribution is 2.10. The Hall–Kier alpha value is -1.75. The van der Waals surface area contributed by atoms with Crippen molar-refractivity contribution in [2.75, 3.05) is 18.5 Å². The van der Waals surface area contributed by atoms with Crippen LogP contribution in [0.3, 0.4) is 0 Å². The van der Waals surface area contributed by atoms with Gasteiger partial charge in [0.25, 0.3) is 0 Å². The van der Waals surface area contributed by atoms with E-state index in [1.54, 1.807) is 12.4 Å². The maximum atomic E-state index is 8.92. The third-order valence-electron chi connectivity index (χ3n) is 2.82. The molecule has 18 heavy (non-hydrogen) atoms. The molecule has 2 aromatic rings. The Kier molecular flexibility index (Phi) is 4.41. The molecule has 2 N–H and O–H groups in total. The quantitative estimate of drug-likeness (QED) is 0.761. The van der Waals surface area contributed by atoms with Gasteiger partial charge in [-0.25, -0.2) is 9.97 Å².